The summed E-state index contributed by atoms with van der Waals surface area (Å²) < 4.78 is 58.6. The predicted molar refractivity (Wildman–Crippen MR) is 251 cm³/mol. The number of aliphatic carboxylic acids is 1. The lowest BCUT2D eigenvalue weighted by atomic mass is 10.2. The Kier molecular flexibility index (Phi) is 13.1. The molecule has 0 spiro atoms. The summed E-state index contributed by atoms with van der Waals surface area (Å²) in [4.78, 5) is 116. The van der Waals surface area contributed by atoms with Crippen LogP contribution < -0.4 is 43.3 Å². The van der Waals surface area contributed by atoms with Crippen LogP contribution in [-0.4, -0.2) is 132 Å². The van der Waals surface area contributed by atoms with Gasteiger partial charge in [0.05, 0.1) is 50.0 Å². The highest BCUT2D eigenvalue weighted by atomic mass is 19.3. The second-order valence-electron chi connectivity index (χ2n) is 16.8. The minimum Gasteiger partial charge on any atom is -0.480 e. The molecule has 31 heteroatoms. The number of aryl methyl sites for hydroxylation is 2. The van der Waals surface area contributed by atoms with E-state index < -0.39 is 71.4 Å². The molecule has 27 nitrogen and oxygen atoms in total. The fourth-order valence-electron chi connectivity index (χ4n) is 7.38. The second-order valence-corrected chi connectivity index (χ2v) is 16.8. The Morgan fingerprint density at radius 2 is 1.03 bits per heavy atom. The molecule has 0 unspecified atom stereocenters. The van der Waals surface area contributed by atoms with Gasteiger partial charge in [-0.3, -0.25) is 32.7 Å². The molecule has 0 aromatic carbocycles. The van der Waals surface area contributed by atoms with Gasteiger partial charge in [0, 0.05) is 65.4 Å². The van der Waals surface area contributed by atoms with Crippen LogP contribution in [0.1, 0.15) is 25.9 Å². The number of carboxylic acid groups (broad SMARTS) is 1. The average Bonchev–Trinajstić information content (AvgIpc) is 4.01. The number of aromatic nitrogens is 16. The van der Waals surface area contributed by atoms with Gasteiger partial charge in [0.2, 0.25) is 17.8 Å². The van der Waals surface area contributed by atoms with Crippen LogP contribution in [0, 0.1) is 0 Å². The quantitative estimate of drug-likeness (QED) is 0.165. The van der Waals surface area contributed by atoms with Crippen molar-refractivity contribution in [2.24, 2.45) is 28.2 Å². The summed E-state index contributed by atoms with van der Waals surface area (Å²) in [6, 6.07) is 1.26. The highest BCUT2D eigenvalue weighted by Gasteiger charge is 2.46. The zero-order valence-corrected chi connectivity index (χ0v) is 39.3. The standard InChI is InChI=1S/C21H20F2N10O3.C11H10F2N6.C10H12N4O4/c1-11(33-10-27-16-14(33)18(35)31(3)20(36)30(16)2)17(34)29-13-4-5-24-15(28-13)12-6-25-19(26-7-12)32-8-21(22,23)9-32;12-11(13)5-19(6-11)10-16-3-7(4-17-10)9-15-2-1-8(14)18-9;1-5(9(16)17)14-4-11-7-6(14)8(15)13(3)10(18)12(7)2/h4-7,10-11H,8-9H2,1-3H3,(H,24,28,29,34);1-4H,5-6H2,(H2,14,15,18);4-5H,1-3H3,(H,16,17)/t11-;;5-/m0.0/s1. The molecule has 2 atom stereocenters. The summed E-state index contributed by atoms with van der Waals surface area (Å²) in [5, 5.41) is 11.6. The maximum atomic E-state index is 13.1. The van der Waals surface area contributed by atoms with Crippen molar-refractivity contribution in [2.45, 2.75) is 37.8 Å². The van der Waals surface area contributed by atoms with Crippen LogP contribution in [0.3, 0.4) is 0 Å². The first kappa shape index (κ1) is 50.1. The van der Waals surface area contributed by atoms with Crippen LogP contribution >= 0.6 is 0 Å². The van der Waals surface area contributed by atoms with Crippen molar-refractivity contribution >= 4 is 57.7 Å². The van der Waals surface area contributed by atoms with E-state index >= 15 is 0 Å². The Bertz CT molecular complexity index is 3670. The van der Waals surface area contributed by atoms with Crippen molar-refractivity contribution in [3.05, 3.63) is 104 Å². The fraction of sp³-hybridized carbons (Fsp3) is 0.333. The lowest BCUT2D eigenvalue weighted by Crippen LogP contribution is -2.57. The number of amides is 1. The number of nitrogen functional groups attached to an aromatic ring is 1. The van der Waals surface area contributed by atoms with Crippen molar-refractivity contribution < 1.29 is 32.3 Å². The number of carbonyl (C=O) groups excluding carboxylic acids is 1. The lowest BCUT2D eigenvalue weighted by Gasteiger charge is -2.38. The molecule has 10 rings (SSSR count). The molecule has 0 bridgehead atoms. The monoisotopic (exact) mass is 1010 g/mol. The van der Waals surface area contributed by atoms with Crippen molar-refractivity contribution in [2.75, 3.05) is 47.0 Å². The molecule has 2 fully saturated rings. The van der Waals surface area contributed by atoms with E-state index in [0.717, 1.165) is 9.13 Å². The molecule has 2 aliphatic rings. The Labute approximate surface area is 406 Å². The van der Waals surface area contributed by atoms with Gasteiger partial charge in [-0.1, -0.05) is 0 Å². The van der Waals surface area contributed by atoms with Gasteiger partial charge in [0.25, 0.3) is 23.0 Å². The summed E-state index contributed by atoms with van der Waals surface area (Å²) in [5.41, 5.74) is 4.98. The topological polar surface area (TPSA) is 326 Å². The number of nitrogens with one attached hydrogen (secondary N) is 1. The predicted octanol–water partition coefficient (Wildman–Crippen LogP) is 0.386. The number of carboxylic acids is 1. The number of alkyl halides is 4. The minimum absolute atomic E-state index is 0.106. The number of hydrogen-bond donors (Lipinski definition) is 3. The number of imidazole rings is 2. The van der Waals surface area contributed by atoms with Crippen LogP contribution in [0.25, 0.3) is 45.1 Å². The molecule has 380 valence electrons. The first-order valence-corrected chi connectivity index (χ1v) is 21.6. The van der Waals surface area contributed by atoms with Gasteiger partial charge in [-0.15, -0.1) is 0 Å². The van der Waals surface area contributed by atoms with Crippen LogP contribution in [0.15, 0.2) is 81.1 Å². The Hall–Kier alpha value is -9.32. The normalized spacial score (nSPS) is 15.3. The van der Waals surface area contributed by atoms with Gasteiger partial charge in [0.15, 0.2) is 34.0 Å². The Balaban J connectivity index is 0.000000161. The number of nitrogens with zero attached hydrogens (tertiary/aromatic N) is 18. The highest BCUT2D eigenvalue weighted by molar-refractivity contribution is 5.93. The summed E-state index contributed by atoms with van der Waals surface area (Å²) in [6.45, 7) is 1.46. The first-order chi connectivity index (χ1) is 34.4. The van der Waals surface area contributed by atoms with E-state index in [1.54, 1.807) is 13.0 Å². The molecular formula is C42H42F4N20O7. The van der Waals surface area contributed by atoms with Crippen LogP contribution in [0.4, 0.5) is 41.1 Å². The molecular weight excluding hydrogens is 973 g/mol. The molecule has 8 aromatic rings. The van der Waals surface area contributed by atoms with Crippen molar-refractivity contribution in [3.8, 4) is 22.8 Å². The van der Waals surface area contributed by atoms with Gasteiger partial charge in [-0.25, -0.2) is 81.8 Å². The molecule has 0 aliphatic carbocycles. The Morgan fingerprint density at radius 1 is 0.616 bits per heavy atom. The van der Waals surface area contributed by atoms with Gasteiger partial charge >= 0.3 is 17.3 Å². The maximum Gasteiger partial charge on any atom is 0.332 e. The third kappa shape index (κ3) is 9.90. The number of fused-ring (bicyclic) bond motifs is 2. The highest BCUT2D eigenvalue weighted by Crippen LogP contribution is 2.31. The number of carbonyl (C=O) groups is 2. The molecule has 10 heterocycles. The molecule has 73 heavy (non-hydrogen) atoms. The number of rotatable bonds is 9. The summed E-state index contributed by atoms with van der Waals surface area (Å²) in [5.74, 6) is -5.33. The molecule has 0 radical (unpaired) electrons. The lowest BCUT2D eigenvalue weighted by molar-refractivity contribution is -0.140. The van der Waals surface area contributed by atoms with E-state index in [2.05, 4.69) is 55.2 Å². The largest absolute Gasteiger partial charge is 0.480 e. The number of hydrogen-bond acceptors (Lipinski definition) is 19. The van der Waals surface area contributed by atoms with Crippen molar-refractivity contribution in [1.82, 2.24) is 77.2 Å². The summed E-state index contributed by atoms with van der Waals surface area (Å²) in [6.07, 6.45) is 11.4. The van der Waals surface area contributed by atoms with E-state index in [9.17, 15) is 46.3 Å². The van der Waals surface area contributed by atoms with E-state index in [1.165, 1.54) is 119 Å². The van der Waals surface area contributed by atoms with Crippen molar-refractivity contribution in [1.29, 1.82) is 0 Å². The van der Waals surface area contributed by atoms with Crippen LogP contribution in [-0.2, 0) is 37.8 Å². The number of halogens is 4. The van der Waals surface area contributed by atoms with Crippen molar-refractivity contribution in [3.63, 3.8) is 0 Å². The molecule has 4 N–H and O–H groups in total. The van der Waals surface area contributed by atoms with Gasteiger partial charge < -0.3 is 35.1 Å². The molecule has 1 amide bonds. The smallest absolute Gasteiger partial charge is 0.332 e. The minimum atomic E-state index is -2.73. The third-order valence-electron chi connectivity index (χ3n) is 11.5. The van der Waals surface area contributed by atoms with Gasteiger partial charge in [-0.2, -0.15) is 0 Å². The Morgan fingerprint density at radius 3 is 1.44 bits per heavy atom. The average molecular weight is 1010 g/mol. The number of anilines is 4. The fourth-order valence-corrected chi connectivity index (χ4v) is 7.38. The molecule has 2 saturated heterocycles. The van der Waals surface area contributed by atoms with Gasteiger partial charge in [0.1, 0.15) is 23.7 Å². The molecule has 0 saturated carbocycles. The summed E-state index contributed by atoms with van der Waals surface area (Å²) >= 11 is 0. The van der Waals surface area contributed by atoms with E-state index in [1.807, 2.05) is 0 Å². The zero-order chi connectivity index (χ0) is 52.8. The molecule has 2 aliphatic heterocycles. The first-order valence-electron chi connectivity index (χ1n) is 21.6. The second kappa shape index (κ2) is 19.1. The van der Waals surface area contributed by atoms with Crippen LogP contribution in [0.2, 0.25) is 0 Å². The van der Waals surface area contributed by atoms with E-state index in [0.29, 0.717) is 22.8 Å². The molecule has 8 aromatic heterocycles. The summed E-state index contributed by atoms with van der Waals surface area (Å²) in [7, 11) is 5.66. The zero-order valence-electron chi connectivity index (χ0n) is 39.3. The van der Waals surface area contributed by atoms with E-state index in [4.69, 9.17) is 10.8 Å². The third-order valence-corrected chi connectivity index (χ3v) is 11.5. The maximum absolute atomic E-state index is 13.1. The van der Waals surface area contributed by atoms with E-state index in [-0.39, 0.29) is 59.0 Å². The van der Waals surface area contributed by atoms with Crippen LogP contribution in [0.5, 0.6) is 0 Å². The number of nitrogens with two attached hydrogens (primary N) is 1. The van der Waals surface area contributed by atoms with Gasteiger partial charge in [-0.05, 0) is 26.0 Å². The SMILES string of the molecule is C[C@@H](C(=O)Nc1ccnc(-c2cnc(N3CC(F)(F)C3)nc2)n1)n1cnc2c1c(=O)n(C)c(=O)n2C.C[C@@H](C(=O)O)n1cnc2c1c(=O)n(C)c(=O)n2C.Nc1ccnc(-c2cnc(N3CC(F)(F)C3)nc2)n1.